The minimum Gasteiger partial charge on any atom is -0.394 e. The molecule has 0 aromatic heterocycles. The quantitative estimate of drug-likeness (QED) is 0.667. The van der Waals surface area contributed by atoms with Crippen LogP contribution in [-0.2, 0) is 0 Å². The van der Waals surface area contributed by atoms with Crippen molar-refractivity contribution in [2.24, 2.45) is 0 Å². The summed E-state index contributed by atoms with van der Waals surface area (Å²) in [5.74, 6) is 0. The fourth-order valence-corrected chi connectivity index (χ4v) is 2.17. The molecule has 3 heteroatoms. The number of hydrogen-bond acceptors (Lipinski definition) is 3. The molecular formula is C15H34N2O. The van der Waals surface area contributed by atoms with Crippen LogP contribution in [0, 0.1) is 0 Å². The van der Waals surface area contributed by atoms with E-state index in [9.17, 15) is 5.11 Å². The summed E-state index contributed by atoms with van der Waals surface area (Å²) in [5, 5.41) is 13.0. The normalized spacial score (nSPS) is 16.3. The predicted molar refractivity (Wildman–Crippen MR) is 80.0 cm³/mol. The minimum absolute atomic E-state index is 0.147. The molecular weight excluding hydrogens is 224 g/mol. The number of aliphatic hydroxyl groups excluding tert-OH is 1. The van der Waals surface area contributed by atoms with Crippen molar-refractivity contribution in [2.45, 2.75) is 77.9 Å². The van der Waals surface area contributed by atoms with Gasteiger partial charge in [0.2, 0.25) is 0 Å². The largest absolute Gasteiger partial charge is 0.394 e. The van der Waals surface area contributed by atoms with E-state index in [0.29, 0.717) is 6.04 Å². The second-order valence-corrected chi connectivity index (χ2v) is 6.71. The number of rotatable bonds is 9. The minimum atomic E-state index is -0.147. The lowest BCUT2D eigenvalue weighted by molar-refractivity contribution is 0.124. The fourth-order valence-electron chi connectivity index (χ4n) is 2.17. The van der Waals surface area contributed by atoms with Crippen LogP contribution < -0.4 is 5.32 Å². The van der Waals surface area contributed by atoms with Crippen LogP contribution in [0.4, 0.5) is 0 Å². The second kappa shape index (κ2) is 7.46. The lowest BCUT2D eigenvalue weighted by atomic mass is 9.94. The van der Waals surface area contributed by atoms with E-state index in [1.54, 1.807) is 0 Å². The van der Waals surface area contributed by atoms with E-state index in [4.69, 9.17) is 0 Å². The van der Waals surface area contributed by atoms with Gasteiger partial charge in [-0.3, -0.25) is 0 Å². The third kappa shape index (κ3) is 6.17. The van der Waals surface area contributed by atoms with Gasteiger partial charge in [0.05, 0.1) is 6.61 Å². The molecule has 110 valence electrons. The third-order valence-electron chi connectivity index (χ3n) is 4.11. The van der Waals surface area contributed by atoms with E-state index >= 15 is 0 Å². The van der Waals surface area contributed by atoms with Crippen molar-refractivity contribution in [1.29, 1.82) is 0 Å². The molecule has 0 aromatic rings. The lowest BCUT2D eigenvalue weighted by Crippen LogP contribution is -2.49. The summed E-state index contributed by atoms with van der Waals surface area (Å²) in [6, 6.07) is 0.409. The zero-order chi connectivity index (χ0) is 14.4. The van der Waals surface area contributed by atoms with E-state index in [1.807, 2.05) is 0 Å². The van der Waals surface area contributed by atoms with Gasteiger partial charge in [-0.1, -0.05) is 20.8 Å². The van der Waals surface area contributed by atoms with Crippen molar-refractivity contribution in [1.82, 2.24) is 10.2 Å². The van der Waals surface area contributed by atoms with E-state index < -0.39 is 0 Å². The zero-order valence-electron chi connectivity index (χ0n) is 13.5. The van der Waals surface area contributed by atoms with E-state index in [0.717, 1.165) is 25.8 Å². The summed E-state index contributed by atoms with van der Waals surface area (Å²) in [5.41, 5.74) is 0.118. The maximum Gasteiger partial charge on any atom is 0.0610 e. The first kappa shape index (κ1) is 17.9. The Kier molecular flexibility index (Phi) is 7.41. The molecule has 0 fully saturated rings. The highest BCUT2D eigenvalue weighted by Crippen LogP contribution is 2.19. The summed E-state index contributed by atoms with van der Waals surface area (Å²) < 4.78 is 0. The summed E-state index contributed by atoms with van der Waals surface area (Å²) in [6.45, 7) is 14.4. The molecule has 0 saturated heterocycles. The molecule has 0 radical (unpaired) electrons. The van der Waals surface area contributed by atoms with E-state index in [2.05, 4.69) is 58.8 Å². The standard InChI is InChI=1S/C15H34N2O/c1-8-14(4,5)17(7)11-9-10-15(6,12-18)16-13(2)3/h13,16,18H,8-12H2,1-7H3. The summed E-state index contributed by atoms with van der Waals surface area (Å²) in [6.07, 6.45) is 3.27. The molecule has 0 spiro atoms. The van der Waals surface area contributed by atoms with Crippen molar-refractivity contribution in [3.63, 3.8) is 0 Å². The molecule has 0 amide bonds. The van der Waals surface area contributed by atoms with Crippen LogP contribution in [0.2, 0.25) is 0 Å². The molecule has 1 atom stereocenters. The van der Waals surface area contributed by atoms with Gasteiger partial charge in [-0.25, -0.2) is 0 Å². The molecule has 3 nitrogen and oxygen atoms in total. The highest BCUT2D eigenvalue weighted by Gasteiger charge is 2.25. The highest BCUT2D eigenvalue weighted by molar-refractivity contribution is 4.85. The van der Waals surface area contributed by atoms with Crippen LogP contribution in [0.25, 0.3) is 0 Å². The third-order valence-corrected chi connectivity index (χ3v) is 4.11. The smallest absolute Gasteiger partial charge is 0.0610 e. The molecule has 0 aliphatic rings. The van der Waals surface area contributed by atoms with Crippen molar-refractivity contribution in [2.75, 3.05) is 20.2 Å². The summed E-state index contributed by atoms with van der Waals surface area (Å²) in [7, 11) is 2.19. The van der Waals surface area contributed by atoms with Gasteiger partial charge in [0.25, 0.3) is 0 Å². The number of hydrogen-bond donors (Lipinski definition) is 2. The molecule has 0 rings (SSSR count). The molecule has 1 unspecified atom stereocenters. The van der Waals surface area contributed by atoms with Gasteiger partial charge >= 0.3 is 0 Å². The highest BCUT2D eigenvalue weighted by atomic mass is 16.3. The Bertz CT molecular complexity index is 229. The van der Waals surface area contributed by atoms with Crippen LogP contribution in [0.1, 0.15) is 60.8 Å². The van der Waals surface area contributed by atoms with Crippen LogP contribution in [0.3, 0.4) is 0 Å². The molecule has 0 bridgehead atoms. The fraction of sp³-hybridized carbons (Fsp3) is 1.00. The van der Waals surface area contributed by atoms with Crippen LogP contribution in [0.15, 0.2) is 0 Å². The van der Waals surface area contributed by atoms with Gasteiger partial charge in [-0.05, 0) is 53.6 Å². The molecule has 0 aliphatic heterocycles. The Morgan fingerprint density at radius 1 is 1.22 bits per heavy atom. The SMILES string of the molecule is CCC(C)(C)N(C)CCCC(C)(CO)NC(C)C. The first-order chi connectivity index (χ1) is 8.17. The zero-order valence-corrected chi connectivity index (χ0v) is 13.5. The van der Waals surface area contributed by atoms with Gasteiger partial charge in [0.1, 0.15) is 0 Å². The van der Waals surface area contributed by atoms with Gasteiger partial charge in [0, 0.05) is 17.1 Å². The second-order valence-electron chi connectivity index (χ2n) is 6.71. The number of aliphatic hydroxyl groups is 1. The van der Waals surface area contributed by atoms with Gasteiger partial charge in [-0.15, -0.1) is 0 Å². The van der Waals surface area contributed by atoms with Gasteiger partial charge in [0.15, 0.2) is 0 Å². The average Bonchev–Trinajstić information content (AvgIpc) is 2.27. The lowest BCUT2D eigenvalue weighted by Gasteiger charge is -2.36. The summed E-state index contributed by atoms with van der Waals surface area (Å²) >= 11 is 0. The molecule has 0 aliphatic carbocycles. The monoisotopic (exact) mass is 258 g/mol. The first-order valence-corrected chi connectivity index (χ1v) is 7.26. The van der Waals surface area contributed by atoms with E-state index in [-0.39, 0.29) is 17.7 Å². The first-order valence-electron chi connectivity index (χ1n) is 7.26. The maximum absolute atomic E-state index is 9.53. The van der Waals surface area contributed by atoms with Gasteiger partial charge in [-0.2, -0.15) is 0 Å². The Morgan fingerprint density at radius 2 is 1.78 bits per heavy atom. The predicted octanol–water partition coefficient (Wildman–Crippen LogP) is 2.64. The number of nitrogens with one attached hydrogen (secondary N) is 1. The van der Waals surface area contributed by atoms with Crippen molar-refractivity contribution in [3.05, 3.63) is 0 Å². The Balaban J connectivity index is 4.16. The molecule has 2 N–H and O–H groups in total. The van der Waals surface area contributed by atoms with Crippen LogP contribution in [-0.4, -0.2) is 47.3 Å². The van der Waals surface area contributed by atoms with E-state index in [1.165, 1.54) is 0 Å². The topological polar surface area (TPSA) is 35.5 Å². The molecule has 0 aromatic carbocycles. The Morgan fingerprint density at radius 3 is 2.17 bits per heavy atom. The molecule has 18 heavy (non-hydrogen) atoms. The van der Waals surface area contributed by atoms with Crippen molar-refractivity contribution < 1.29 is 5.11 Å². The maximum atomic E-state index is 9.53. The molecule has 0 heterocycles. The molecule has 0 saturated carbocycles. The average molecular weight is 258 g/mol. The Hall–Kier alpha value is -0.120. The summed E-state index contributed by atoms with van der Waals surface area (Å²) in [4.78, 5) is 2.42. The van der Waals surface area contributed by atoms with Crippen LogP contribution >= 0.6 is 0 Å². The Labute approximate surface area is 114 Å². The van der Waals surface area contributed by atoms with Crippen LogP contribution in [0.5, 0.6) is 0 Å². The van der Waals surface area contributed by atoms with Crippen molar-refractivity contribution in [3.8, 4) is 0 Å². The number of nitrogens with zero attached hydrogens (tertiary/aromatic N) is 1. The van der Waals surface area contributed by atoms with Gasteiger partial charge < -0.3 is 15.3 Å². The van der Waals surface area contributed by atoms with Crippen molar-refractivity contribution >= 4 is 0 Å².